The van der Waals surface area contributed by atoms with E-state index in [4.69, 9.17) is 0 Å². The van der Waals surface area contributed by atoms with Crippen LogP contribution >= 0.6 is 0 Å². The zero-order valence-electron chi connectivity index (χ0n) is 11.5. The van der Waals surface area contributed by atoms with Crippen molar-refractivity contribution >= 4 is 5.91 Å². The molecular weight excluding hydrogens is 212 g/mol. The summed E-state index contributed by atoms with van der Waals surface area (Å²) in [5, 5.41) is 9.33. The van der Waals surface area contributed by atoms with Crippen molar-refractivity contribution in [3.8, 4) is 6.07 Å². The van der Waals surface area contributed by atoms with Crippen molar-refractivity contribution in [1.82, 2.24) is 4.90 Å². The van der Waals surface area contributed by atoms with Gasteiger partial charge in [0.2, 0.25) is 5.91 Å². The molecule has 0 aromatic carbocycles. The van der Waals surface area contributed by atoms with E-state index in [2.05, 4.69) is 6.07 Å². The van der Waals surface area contributed by atoms with Crippen LogP contribution in [0.25, 0.3) is 0 Å². The Balaban J connectivity index is 2.84. The first-order chi connectivity index (χ1) is 8.00. The molecule has 0 spiro atoms. The summed E-state index contributed by atoms with van der Waals surface area (Å²) in [6.07, 6.45) is 3.67. The lowest BCUT2D eigenvalue weighted by molar-refractivity contribution is -0.141. The Hall–Kier alpha value is -1.04. The third-order valence-electron chi connectivity index (χ3n) is 3.87. The van der Waals surface area contributed by atoms with Crippen LogP contribution in [0.3, 0.4) is 0 Å². The van der Waals surface area contributed by atoms with Gasteiger partial charge in [0.05, 0.1) is 6.07 Å². The first kappa shape index (κ1) is 14.0. The van der Waals surface area contributed by atoms with Gasteiger partial charge in [0.1, 0.15) is 5.41 Å². The second-order valence-corrected chi connectivity index (χ2v) is 5.40. The number of carbonyl (C=O) groups is 1. The molecular formula is C14H24N2O. The summed E-state index contributed by atoms with van der Waals surface area (Å²) in [6.45, 7) is 8.77. The number of carbonyl (C=O) groups excluding carboxylic acids is 1. The van der Waals surface area contributed by atoms with Crippen molar-refractivity contribution in [1.29, 1.82) is 5.26 Å². The zero-order chi connectivity index (χ0) is 13.1. The lowest BCUT2D eigenvalue weighted by Crippen LogP contribution is -2.47. The maximum absolute atomic E-state index is 12.6. The van der Waals surface area contributed by atoms with Crippen molar-refractivity contribution in [2.24, 2.45) is 11.3 Å². The summed E-state index contributed by atoms with van der Waals surface area (Å²) < 4.78 is 0. The topological polar surface area (TPSA) is 44.1 Å². The summed E-state index contributed by atoms with van der Waals surface area (Å²) in [6, 6.07) is 2.44. The molecule has 1 rings (SSSR count). The number of nitriles is 1. The minimum Gasteiger partial charge on any atom is -0.339 e. The fourth-order valence-corrected chi connectivity index (χ4v) is 2.14. The van der Waals surface area contributed by atoms with E-state index in [1.165, 1.54) is 12.8 Å². The van der Waals surface area contributed by atoms with Crippen molar-refractivity contribution < 1.29 is 4.79 Å². The van der Waals surface area contributed by atoms with Crippen LogP contribution in [0.15, 0.2) is 0 Å². The number of hydrogen-bond donors (Lipinski definition) is 0. The quantitative estimate of drug-likeness (QED) is 0.711. The van der Waals surface area contributed by atoms with Gasteiger partial charge in [0, 0.05) is 12.6 Å². The molecule has 1 aliphatic carbocycles. The van der Waals surface area contributed by atoms with Gasteiger partial charge in [-0.3, -0.25) is 4.79 Å². The molecule has 1 amide bonds. The van der Waals surface area contributed by atoms with Crippen LogP contribution in [-0.4, -0.2) is 23.4 Å². The predicted molar refractivity (Wildman–Crippen MR) is 68.2 cm³/mol. The van der Waals surface area contributed by atoms with Crippen molar-refractivity contribution in [2.45, 2.75) is 59.4 Å². The Labute approximate surface area is 105 Å². The Morgan fingerprint density at radius 2 is 1.94 bits per heavy atom. The highest BCUT2D eigenvalue weighted by Crippen LogP contribution is 2.34. The van der Waals surface area contributed by atoms with Gasteiger partial charge in [-0.25, -0.2) is 0 Å². The molecule has 0 aromatic rings. The van der Waals surface area contributed by atoms with E-state index in [1.54, 1.807) is 0 Å². The Morgan fingerprint density at radius 3 is 2.24 bits per heavy atom. The summed E-state index contributed by atoms with van der Waals surface area (Å²) in [5.74, 6) is 0.707. The average molecular weight is 236 g/mol. The van der Waals surface area contributed by atoms with Gasteiger partial charge in [-0.1, -0.05) is 13.8 Å². The monoisotopic (exact) mass is 236 g/mol. The average Bonchev–Trinajstić information content (AvgIpc) is 3.12. The highest BCUT2D eigenvalue weighted by Gasteiger charge is 2.40. The van der Waals surface area contributed by atoms with Gasteiger partial charge in [-0.05, 0) is 45.4 Å². The van der Waals surface area contributed by atoms with E-state index in [0.29, 0.717) is 18.8 Å². The summed E-state index contributed by atoms with van der Waals surface area (Å²) >= 11 is 0. The van der Waals surface area contributed by atoms with Crippen LogP contribution in [0.5, 0.6) is 0 Å². The fraction of sp³-hybridized carbons (Fsp3) is 0.857. The SMILES string of the molecule is CCC(C#N)(CC)C(=O)N(CC1CC1)C(C)C. The largest absolute Gasteiger partial charge is 0.339 e. The van der Waals surface area contributed by atoms with Gasteiger partial charge >= 0.3 is 0 Å². The van der Waals surface area contributed by atoms with E-state index in [9.17, 15) is 10.1 Å². The van der Waals surface area contributed by atoms with Crippen LogP contribution in [0.2, 0.25) is 0 Å². The minimum absolute atomic E-state index is 0.0342. The molecule has 3 nitrogen and oxygen atoms in total. The molecule has 0 unspecified atom stereocenters. The normalized spacial score (nSPS) is 15.8. The molecule has 0 aliphatic heterocycles. The molecule has 96 valence electrons. The third kappa shape index (κ3) is 3.00. The molecule has 1 fully saturated rings. The van der Waals surface area contributed by atoms with E-state index >= 15 is 0 Å². The molecule has 0 radical (unpaired) electrons. The predicted octanol–water partition coefficient (Wildman–Crippen LogP) is 2.96. The first-order valence-corrected chi connectivity index (χ1v) is 6.73. The Kier molecular flexibility index (Phi) is 4.56. The van der Waals surface area contributed by atoms with Gasteiger partial charge in [-0.15, -0.1) is 0 Å². The van der Waals surface area contributed by atoms with Gasteiger partial charge in [0.15, 0.2) is 0 Å². The van der Waals surface area contributed by atoms with Crippen LogP contribution in [0, 0.1) is 22.7 Å². The highest BCUT2D eigenvalue weighted by molar-refractivity contribution is 5.85. The molecule has 3 heteroatoms. The maximum atomic E-state index is 12.6. The molecule has 17 heavy (non-hydrogen) atoms. The number of amides is 1. The van der Waals surface area contributed by atoms with E-state index in [-0.39, 0.29) is 11.9 Å². The summed E-state index contributed by atoms with van der Waals surface area (Å²) in [5.41, 5.74) is -0.806. The maximum Gasteiger partial charge on any atom is 0.243 e. The smallest absolute Gasteiger partial charge is 0.243 e. The highest BCUT2D eigenvalue weighted by atomic mass is 16.2. The van der Waals surface area contributed by atoms with Crippen LogP contribution in [-0.2, 0) is 4.79 Å². The molecule has 0 aromatic heterocycles. The summed E-state index contributed by atoms with van der Waals surface area (Å²) in [4.78, 5) is 14.5. The third-order valence-corrected chi connectivity index (χ3v) is 3.87. The molecule has 0 bridgehead atoms. The number of rotatable bonds is 6. The van der Waals surface area contributed by atoms with Gasteiger partial charge < -0.3 is 4.90 Å². The molecule has 1 saturated carbocycles. The second-order valence-electron chi connectivity index (χ2n) is 5.40. The molecule has 1 aliphatic rings. The van der Waals surface area contributed by atoms with Gasteiger partial charge in [-0.2, -0.15) is 5.26 Å². The van der Waals surface area contributed by atoms with E-state index < -0.39 is 5.41 Å². The van der Waals surface area contributed by atoms with Crippen LogP contribution in [0.4, 0.5) is 0 Å². The lowest BCUT2D eigenvalue weighted by Gasteiger charge is -2.34. The fourth-order valence-electron chi connectivity index (χ4n) is 2.14. The standard InChI is InChI=1S/C14H24N2O/c1-5-14(6-2,10-15)13(17)16(11(3)4)9-12-7-8-12/h11-12H,5-9H2,1-4H3. The van der Waals surface area contributed by atoms with Gasteiger partial charge in [0.25, 0.3) is 0 Å². The molecule has 0 saturated heterocycles. The number of hydrogen-bond acceptors (Lipinski definition) is 2. The zero-order valence-corrected chi connectivity index (χ0v) is 11.5. The van der Waals surface area contributed by atoms with Crippen LogP contribution < -0.4 is 0 Å². The number of nitrogens with zero attached hydrogens (tertiary/aromatic N) is 2. The van der Waals surface area contributed by atoms with E-state index in [0.717, 1.165) is 6.54 Å². The first-order valence-electron chi connectivity index (χ1n) is 6.73. The molecule has 0 N–H and O–H groups in total. The van der Waals surface area contributed by atoms with Crippen molar-refractivity contribution in [3.05, 3.63) is 0 Å². The Bertz CT molecular complexity index is 309. The summed E-state index contributed by atoms with van der Waals surface area (Å²) in [7, 11) is 0. The lowest BCUT2D eigenvalue weighted by atomic mass is 9.82. The molecule has 0 heterocycles. The van der Waals surface area contributed by atoms with Crippen molar-refractivity contribution in [3.63, 3.8) is 0 Å². The Morgan fingerprint density at radius 1 is 1.41 bits per heavy atom. The minimum atomic E-state index is -0.806. The van der Waals surface area contributed by atoms with E-state index in [1.807, 2.05) is 32.6 Å². The van der Waals surface area contributed by atoms with Crippen molar-refractivity contribution in [2.75, 3.05) is 6.54 Å². The van der Waals surface area contributed by atoms with Crippen LogP contribution in [0.1, 0.15) is 53.4 Å². The molecule has 0 atom stereocenters. The second kappa shape index (κ2) is 5.53.